The summed E-state index contributed by atoms with van der Waals surface area (Å²) in [6.45, 7) is 11.3. The molecule has 3 heteroatoms. The van der Waals surface area contributed by atoms with Gasteiger partial charge in [-0.3, -0.25) is 4.90 Å². The molecule has 0 bridgehead atoms. The van der Waals surface area contributed by atoms with E-state index < -0.39 is 0 Å². The van der Waals surface area contributed by atoms with Crippen molar-refractivity contribution in [2.24, 2.45) is 5.41 Å². The number of methoxy groups -OCH3 is 1. The molecule has 1 N–H and O–H groups in total. The van der Waals surface area contributed by atoms with Crippen LogP contribution >= 0.6 is 0 Å². The van der Waals surface area contributed by atoms with Crippen molar-refractivity contribution in [1.82, 2.24) is 10.2 Å². The van der Waals surface area contributed by atoms with Crippen LogP contribution in [0.3, 0.4) is 0 Å². The van der Waals surface area contributed by atoms with E-state index in [4.69, 9.17) is 4.74 Å². The van der Waals surface area contributed by atoms with Crippen LogP contribution in [0, 0.1) is 5.41 Å². The lowest BCUT2D eigenvalue weighted by molar-refractivity contribution is 0.0204. The monoisotopic (exact) mass is 270 g/mol. The fourth-order valence-electron chi connectivity index (χ4n) is 3.45. The zero-order valence-corrected chi connectivity index (χ0v) is 13.8. The van der Waals surface area contributed by atoms with Gasteiger partial charge in [-0.25, -0.2) is 0 Å². The van der Waals surface area contributed by atoms with Gasteiger partial charge in [-0.2, -0.15) is 0 Å². The van der Waals surface area contributed by atoms with Crippen LogP contribution in [0.2, 0.25) is 0 Å². The average molecular weight is 270 g/mol. The summed E-state index contributed by atoms with van der Waals surface area (Å²) in [5.41, 5.74) is 0.388. The van der Waals surface area contributed by atoms with E-state index in [1.165, 1.54) is 25.7 Å². The zero-order valence-electron chi connectivity index (χ0n) is 13.8. The summed E-state index contributed by atoms with van der Waals surface area (Å²) >= 11 is 0. The minimum atomic E-state index is 0.388. The maximum atomic E-state index is 5.32. The second-order valence-electron chi connectivity index (χ2n) is 6.85. The molecule has 1 aliphatic rings. The van der Waals surface area contributed by atoms with E-state index in [1.807, 2.05) is 0 Å². The largest absolute Gasteiger partial charge is 0.383 e. The summed E-state index contributed by atoms with van der Waals surface area (Å²) in [6, 6.07) is 1.70. The Morgan fingerprint density at radius 2 is 2.11 bits per heavy atom. The molecule has 0 aromatic carbocycles. The lowest BCUT2D eigenvalue weighted by Gasteiger charge is -2.49. The first-order chi connectivity index (χ1) is 8.94. The lowest BCUT2D eigenvalue weighted by Crippen LogP contribution is -2.60. The molecule has 0 spiro atoms. The van der Waals surface area contributed by atoms with Crippen LogP contribution in [0.4, 0.5) is 0 Å². The Bertz CT molecular complexity index is 255. The molecule has 0 aromatic heterocycles. The topological polar surface area (TPSA) is 24.5 Å². The summed E-state index contributed by atoms with van der Waals surface area (Å²) in [5.74, 6) is 0. The fourth-order valence-corrected chi connectivity index (χ4v) is 3.45. The highest BCUT2D eigenvalue weighted by Crippen LogP contribution is 2.38. The van der Waals surface area contributed by atoms with Crippen molar-refractivity contribution in [2.45, 2.75) is 71.5 Å². The Kier molecular flexibility index (Phi) is 6.78. The minimum absolute atomic E-state index is 0.388. The minimum Gasteiger partial charge on any atom is -0.383 e. The van der Waals surface area contributed by atoms with Crippen LogP contribution in [0.15, 0.2) is 0 Å². The van der Waals surface area contributed by atoms with E-state index in [0.717, 1.165) is 13.2 Å². The van der Waals surface area contributed by atoms with Crippen molar-refractivity contribution in [3.05, 3.63) is 0 Å². The summed E-state index contributed by atoms with van der Waals surface area (Å²) in [6.07, 6.45) is 5.18. The highest BCUT2D eigenvalue weighted by molar-refractivity contribution is 4.98. The molecule has 0 heterocycles. The third-order valence-corrected chi connectivity index (χ3v) is 4.79. The molecule has 114 valence electrons. The maximum Gasteiger partial charge on any atom is 0.0615 e. The smallest absolute Gasteiger partial charge is 0.0615 e. The second kappa shape index (κ2) is 7.61. The van der Waals surface area contributed by atoms with Gasteiger partial charge in [-0.1, -0.05) is 27.2 Å². The third kappa shape index (κ3) is 4.44. The van der Waals surface area contributed by atoms with Crippen molar-refractivity contribution in [3.63, 3.8) is 0 Å². The van der Waals surface area contributed by atoms with Crippen LogP contribution in [0.1, 0.15) is 53.4 Å². The first kappa shape index (κ1) is 16.9. The standard InChI is InChI=1S/C16H34N2O/c1-7-11-17-15-14(9-8-10-16(15,3)4)18(5)13(2)12-19-6/h13-15,17H,7-12H2,1-6H3. The van der Waals surface area contributed by atoms with E-state index in [-0.39, 0.29) is 0 Å². The average Bonchev–Trinajstić information content (AvgIpc) is 2.35. The van der Waals surface area contributed by atoms with E-state index in [9.17, 15) is 0 Å². The normalized spacial score (nSPS) is 28.6. The molecule has 0 aromatic rings. The molecule has 0 saturated heterocycles. The number of nitrogens with one attached hydrogen (secondary N) is 1. The van der Waals surface area contributed by atoms with E-state index >= 15 is 0 Å². The first-order valence-electron chi connectivity index (χ1n) is 7.88. The number of nitrogens with zero attached hydrogens (tertiary/aromatic N) is 1. The molecule has 1 rings (SSSR count). The van der Waals surface area contributed by atoms with Gasteiger partial charge in [0.15, 0.2) is 0 Å². The lowest BCUT2D eigenvalue weighted by atomic mass is 9.70. The Balaban J connectivity index is 2.76. The second-order valence-corrected chi connectivity index (χ2v) is 6.85. The van der Waals surface area contributed by atoms with Crippen molar-refractivity contribution < 1.29 is 4.74 Å². The molecule has 3 unspecified atom stereocenters. The van der Waals surface area contributed by atoms with Crippen molar-refractivity contribution in [2.75, 3.05) is 27.3 Å². The fraction of sp³-hybridized carbons (Fsp3) is 1.00. The summed E-state index contributed by atoms with van der Waals surface area (Å²) < 4.78 is 5.32. The quantitative estimate of drug-likeness (QED) is 0.770. The highest BCUT2D eigenvalue weighted by atomic mass is 16.5. The predicted molar refractivity (Wildman–Crippen MR) is 82.6 cm³/mol. The van der Waals surface area contributed by atoms with Crippen molar-refractivity contribution in [1.29, 1.82) is 0 Å². The van der Waals surface area contributed by atoms with Crippen molar-refractivity contribution >= 4 is 0 Å². The molecule has 1 saturated carbocycles. The molecule has 0 amide bonds. The molecule has 19 heavy (non-hydrogen) atoms. The number of rotatable bonds is 7. The van der Waals surface area contributed by atoms with Gasteiger partial charge in [-0.15, -0.1) is 0 Å². The molecule has 3 atom stereocenters. The van der Waals surface area contributed by atoms with E-state index in [2.05, 4.69) is 45.0 Å². The number of likely N-dealkylation sites (N-methyl/N-ethyl adjacent to an activating group) is 1. The number of hydrogen-bond acceptors (Lipinski definition) is 3. The van der Waals surface area contributed by atoms with Gasteiger partial charge in [0.05, 0.1) is 6.61 Å². The van der Waals surface area contributed by atoms with Crippen LogP contribution in [-0.2, 0) is 4.74 Å². The van der Waals surface area contributed by atoms with E-state index in [1.54, 1.807) is 7.11 Å². The SMILES string of the molecule is CCCNC1C(N(C)C(C)COC)CCCC1(C)C. The van der Waals surface area contributed by atoms with Crippen LogP contribution in [0.5, 0.6) is 0 Å². The molecule has 1 fully saturated rings. The molecule has 3 nitrogen and oxygen atoms in total. The maximum absolute atomic E-state index is 5.32. The molecule has 1 aliphatic carbocycles. The Morgan fingerprint density at radius 3 is 2.68 bits per heavy atom. The van der Waals surface area contributed by atoms with Crippen LogP contribution in [0.25, 0.3) is 0 Å². The van der Waals surface area contributed by atoms with Gasteiger partial charge >= 0.3 is 0 Å². The van der Waals surface area contributed by atoms with Crippen LogP contribution < -0.4 is 5.32 Å². The van der Waals surface area contributed by atoms with Gasteiger partial charge in [-0.05, 0) is 45.2 Å². The summed E-state index contributed by atoms with van der Waals surface area (Å²) in [5, 5.41) is 3.81. The van der Waals surface area contributed by atoms with Gasteiger partial charge in [0.2, 0.25) is 0 Å². The predicted octanol–water partition coefficient (Wildman–Crippen LogP) is 2.90. The summed E-state index contributed by atoms with van der Waals surface area (Å²) in [7, 11) is 4.05. The molecule has 0 radical (unpaired) electrons. The Labute approximate surface area is 120 Å². The molecular weight excluding hydrogens is 236 g/mol. The van der Waals surface area contributed by atoms with Gasteiger partial charge in [0, 0.05) is 25.2 Å². The number of hydrogen-bond donors (Lipinski definition) is 1. The number of ether oxygens (including phenoxy) is 1. The summed E-state index contributed by atoms with van der Waals surface area (Å²) in [4.78, 5) is 2.53. The zero-order chi connectivity index (χ0) is 14.5. The third-order valence-electron chi connectivity index (χ3n) is 4.79. The Hall–Kier alpha value is -0.120. The molecular formula is C16H34N2O. The van der Waals surface area contributed by atoms with Gasteiger partial charge in [0.25, 0.3) is 0 Å². The molecule has 0 aliphatic heterocycles. The highest BCUT2D eigenvalue weighted by Gasteiger charge is 2.40. The van der Waals surface area contributed by atoms with Gasteiger partial charge in [0.1, 0.15) is 0 Å². The Morgan fingerprint density at radius 1 is 1.42 bits per heavy atom. The first-order valence-corrected chi connectivity index (χ1v) is 7.88. The van der Waals surface area contributed by atoms with Crippen molar-refractivity contribution in [3.8, 4) is 0 Å². The van der Waals surface area contributed by atoms with E-state index in [0.29, 0.717) is 23.5 Å². The van der Waals surface area contributed by atoms with Gasteiger partial charge < -0.3 is 10.1 Å². The van der Waals surface area contributed by atoms with Crippen LogP contribution in [-0.4, -0.2) is 50.3 Å².